The van der Waals surface area contributed by atoms with Crippen LogP contribution in [0, 0.1) is 5.92 Å². The number of para-hydroxylation sites is 1. The Kier molecular flexibility index (Phi) is 8.40. The molecule has 3 rings (SSSR count). The molecule has 33 heavy (non-hydrogen) atoms. The Morgan fingerprint density at radius 3 is 2.39 bits per heavy atom. The number of benzene rings is 2. The highest BCUT2D eigenvalue weighted by Gasteiger charge is 2.23. The lowest BCUT2D eigenvalue weighted by Gasteiger charge is -2.15. The van der Waals surface area contributed by atoms with Crippen LogP contribution in [0.4, 0.5) is 16.2 Å². The summed E-state index contributed by atoms with van der Waals surface area (Å²) in [6, 6.07) is 14.2. The molecule has 0 aromatic heterocycles. The van der Waals surface area contributed by atoms with Crippen LogP contribution < -0.4 is 20.7 Å². The SMILES string of the molecule is CCC(=O)NC(=Nc1cc(Oc2ccccc2)ccc1NC(=O)C1CCCC1)NC(=O)OC. The third kappa shape index (κ3) is 7.06. The molecule has 1 saturated carbocycles. The Hall–Kier alpha value is -3.88. The highest BCUT2D eigenvalue weighted by molar-refractivity contribution is 6.05. The maximum atomic E-state index is 12.7. The summed E-state index contributed by atoms with van der Waals surface area (Å²) in [7, 11) is 1.20. The molecule has 1 aliphatic carbocycles. The molecule has 0 heterocycles. The molecule has 0 unspecified atom stereocenters. The van der Waals surface area contributed by atoms with Crippen LogP contribution in [0.2, 0.25) is 0 Å². The van der Waals surface area contributed by atoms with Crippen molar-refractivity contribution in [2.75, 3.05) is 12.4 Å². The molecule has 2 aromatic rings. The Morgan fingerprint density at radius 2 is 1.73 bits per heavy atom. The predicted octanol–water partition coefficient (Wildman–Crippen LogP) is 4.48. The number of anilines is 1. The molecule has 0 saturated heterocycles. The molecule has 3 N–H and O–H groups in total. The van der Waals surface area contributed by atoms with E-state index in [4.69, 9.17) is 4.74 Å². The van der Waals surface area contributed by atoms with E-state index >= 15 is 0 Å². The minimum Gasteiger partial charge on any atom is -0.457 e. The van der Waals surface area contributed by atoms with Gasteiger partial charge in [-0.1, -0.05) is 38.0 Å². The number of carbonyl (C=O) groups is 3. The molecular formula is C24H28N4O5. The number of guanidine groups is 1. The van der Waals surface area contributed by atoms with Crippen molar-refractivity contribution in [1.82, 2.24) is 10.6 Å². The van der Waals surface area contributed by atoms with Gasteiger partial charge in [0.1, 0.15) is 11.5 Å². The Bertz CT molecular complexity index is 997. The van der Waals surface area contributed by atoms with Gasteiger partial charge in [-0.2, -0.15) is 0 Å². The first-order valence-corrected chi connectivity index (χ1v) is 10.9. The molecule has 9 nitrogen and oxygen atoms in total. The standard InChI is InChI=1S/C24H28N4O5/c1-3-21(29)27-23(28-24(31)32-2)26-20-15-18(33-17-11-5-4-6-12-17)13-14-19(20)25-22(30)16-9-7-8-10-16/h4-6,11-16H,3,7-10H2,1-2H3,(H,25,30)(H2,26,27,28,29,31). The van der Waals surface area contributed by atoms with Crippen molar-refractivity contribution in [2.24, 2.45) is 10.9 Å². The first-order chi connectivity index (χ1) is 16.0. The van der Waals surface area contributed by atoms with Crippen LogP contribution in [0.5, 0.6) is 11.5 Å². The summed E-state index contributed by atoms with van der Waals surface area (Å²) in [6.45, 7) is 1.67. The molecule has 0 atom stereocenters. The number of alkyl carbamates (subject to hydrolysis) is 1. The van der Waals surface area contributed by atoms with Crippen molar-refractivity contribution in [3.05, 3.63) is 48.5 Å². The van der Waals surface area contributed by atoms with Gasteiger partial charge >= 0.3 is 6.09 Å². The lowest BCUT2D eigenvalue weighted by atomic mass is 10.1. The number of rotatable bonds is 6. The zero-order valence-corrected chi connectivity index (χ0v) is 18.7. The van der Waals surface area contributed by atoms with Crippen molar-refractivity contribution in [2.45, 2.75) is 39.0 Å². The first-order valence-electron chi connectivity index (χ1n) is 10.9. The number of nitrogens with zero attached hydrogens (tertiary/aromatic N) is 1. The minimum absolute atomic E-state index is 0.0467. The van der Waals surface area contributed by atoms with Crippen LogP contribution in [0.1, 0.15) is 39.0 Å². The van der Waals surface area contributed by atoms with Crippen LogP contribution >= 0.6 is 0 Å². The normalized spacial score (nSPS) is 13.8. The van der Waals surface area contributed by atoms with Gasteiger partial charge in [0.25, 0.3) is 0 Å². The van der Waals surface area contributed by atoms with Crippen LogP contribution in [-0.2, 0) is 14.3 Å². The lowest BCUT2D eigenvalue weighted by Crippen LogP contribution is -2.43. The Labute approximate surface area is 192 Å². The van der Waals surface area contributed by atoms with E-state index in [1.807, 2.05) is 30.3 Å². The summed E-state index contributed by atoms with van der Waals surface area (Å²) in [5.41, 5.74) is 0.736. The fourth-order valence-corrected chi connectivity index (χ4v) is 3.40. The third-order valence-corrected chi connectivity index (χ3v) is 5.15. The van der Waals surface area contributed by atoms with E-state index < -0.39 is 6.09 Å². The number of carbonyl (C=O) groups excluding carboxylic acids is 3. The van der Waals surface area contributed by atoms with Crippen LogP contribution in [0.25, 0.3) is 0 Å². The number of ether oxygens (including phenoxy) is 2. The molecule has 1 fully saturated rings. The zero-order valence-electron chi connectivity index (χ0n) is 18.7. The quantitative estimate of drug-likeness (QED) is 0.441. The van der Waals surface area contributed by atoms with Gasteiger partial charge < -0.3 is 14.8 Å². The van der Waals surface area contributed by atoms with Crippen LogP contribution in [0.3, 0.4) is 0 Å². The molecule has 0 spiro atoms. The average molecular weight is 453 g/mol. The summed E-state index contributed by atoms with van der Waals surface area (Å²) in [6.07, 6.45) is 3.15. The van der Waals surface area contributed by atoms with Gasteiger partial charge in [0.15, 0.2) is 0 Å². The van der Waals surface area contributed by atoms with E-state index in [1.165, 1.54) is 7.11 Å². The van der Waals surface area contributed by atoms with E-state index in [1.54, 1.807) is 25.1 Å². The Balaban J connectivity index is 1.95. The number of nitrogens with one attached hydrogen (secondary N) is 3. The van der Waals surface area contributed by atoms with Crippen molar-refractivity contribution in [3.8, 4) is 11.5 Å². The molecule has 3 amide bonds. The summed E-state index contributed by atoms with van der Waals surface area (Å²) in [5.74, 6) is 0.496. The molecule has 9 heteroatoms. The van der Waals surface area contributed by atoms with Gasteiger partial charge in [-0.05, 0) is 37.1 Å². The minimum atomic E-state index is -0.793. The summed E-state index contributed by atoms with van der Waals surface area (Å²) in [4.78, 5) is 40.8. The molecule has 2 aromatic carbocycles. The van der Waals surface area contributed by atoms with Crippen molar-refractivity contribution < 1.29 is 23.9 Å². The summed E-state index contributed by atoms with van der Waals surface area (Å²) < 4.78 is 10.5. The second kappa shape index (κ2) is 11.7. The lowest BCUT2D eigenvalue weighted by molar-refractivity contribution is -0.120. The Morgan fingerprint density at radius 1 is 1.00 bits per heavy atom. The largest absolute Gasteiger partial charge is 0.457 e. The smallest absolute Gasteiger partial charge is 0.413 e. The van der Waals surface area contributed by atoms with E-state index in [0.29, 0.717) is 22.9 Å². The summed E-state index contributed by atoms with van der Waals surface area (Å²) in [5, 5.41) is 7.84. The zero-order chi connectivity index (χ0) is 23.6. The monoisotopic (exact) mass is 452 g/mol. The van der Waals surface area contributed by atoms with E-state index in [2.05, 4.69) is 25.7 Å². The second-order valence-electron chi connectivity index (χ2n) is 7.54. The fourth-order valence-electron chi connectivity index (χ4n) is 3.40. The van der Waals surface area contributed by atoms with Crippen molar-refractivity contribution >= 4 is 35.2 Å². The first kappa shape index (κ1) is 23.8. The second-order valence-corrected chi connectivity index (χ2v) is 7.54. The number of hydrogen-bond donors (Lipinski definition) is 3. The molecular weight excluding hydrogens is 424 g/mol. The number of hydrogen-bond acceptors (Lipinski definition) is 6. The van der Waals surface area contributed by atoms with E-state index in [9.17, 15) is 14.4 Å². The molecule has 0 aliphatic heterocycles. The number of methoxy groups -OCH3 is 1. The van der Waals surface area contributed by atoms with Gasteiger partial charge in [-0.3, -0.25) is 20.2 Å². The topological polar surface area (TPSA) is 118 Å². The van der Waals surface area contributed by atoms with Gasteiger partial charge in [-0.25, -0.2) is 9.79 Å². The van der Waals surface area contributed by atoms with E-state index in [-0.39, 0.29) is 30.1 Å². The third-order valence-electron chi connectivity index (χ3n) is 5.15. The van der Waals surface area contributed by atoms with Gasteiger partial charge in [-0.15, -0.1) is 0 Å². The molecule has 0 bridgehead atoms. The van der Waals surface area contributed by atoms with Crippen molar-refractivity contribution in [1.29, 1.82) is 0 Å². The van der Waals surface area contributed by atoms with Crippen LogP contribution in [-0.4, -0.2) is 31.0 Å². The van der Waals surface area contributed by atoms with Gasteiger partial charge in [0, 0.05) is 18.4 Å². The number of amides is 3. The predicted molar refractivity (Wildman–Crippen MR) is 125 cm³/mol. The van der Waals surface area contributed by atoms with E-state index in [0.717, 1.165) is 25.7 Å². The molecule has 1 aliphatic rings. The highest BCUT2D eigenvalue weighted by Crippen LogP contribution is 2.34. The van der Waals surface area contributed by atoms with Crippen molar-refractivity contribution in [3.63, 3.8) is 0 Å². The van der Waals surface area contributed by atoms with Gasteiger partial charge in [0.2, 0.25) is 17.8 Å². The summed E-state index contributed by atoms with van der Waals surface area (Å²) >= 11 is 0. The molecule has 174 valence electrons. The maximum Gasteiger partial charge on any atom is 0.413 e. The highest BCUT2D eigenvalue weighted by atomic mass is 16.5. The van der Waals surface area contributed by atoms with Crippen LogP contribution in [0.15, 0.2) is 53.5 Å². The maximum absolute atomic E-state index is 12.7. The molecule has 0 radical (unpaired) electrons. The van der Waals surface area contributed by atoms with Gasteiger partial charge in [0.05, 0.1) is 18.5 Å². The average Bonchev–Trinajstić information content (AvgIpc) is 3.36. The number of aliphatic imine (C=N–C) groups is 1. The fraction of sp³-hybridized carbons (Fsp3) is 0.333.